The van der Waals surface area contributed by atoms with Gasteiger partial charge in [0.2, 0.25) is 0 Å². The van der Waals surface area contributed by atoms with Gasteiger partial charge in [-0.2, -0.15) is 0 Å². The summed E-state index contributed by atoms with van der Waals surface area (Å²) in [6.07, 6.45) is 1.59. The van der Waals surface area contributed by atoms with E-state index in [1.54, 1.807) is 38.7 Å². The number of hydrogen-bond acceptors (Lipinski definition) is 6. The van der Waals surface area contributed by atoms with Crippen LogP contribution >= 0.6 is 0 Å². The quantitative estimate of drug-likeness (QED) is 0.549. The van der Waals surface area contributed by atoms with Crippen LogP contribution in [0.1, 0.15) is 35.2 Å². The van der Waals surface area contributed by atoms with Gasteiger partial charge in [0.25, 0.3) is 5.91 Å². The summed E-state index contributed by atoms with van der Waals surface area (Å²) in [4.78, 5) is 24.6. The molecule has 3 rings (SSSR count). The molecule has 1 unspecified atom stereocenters. The Labute approximate surface area is 181 Å². The Kier molecular flexibility index (Phi) is 6.84. The molecule has 31 heavy (non-hydrogen) atoms. The van der Waals surface area contributed by atoms with Crippen molar-refractivity contribution in [3.8, 4) is 11.5 Å². The number of amides is 1. The Morgan fingerprint density at radius 3 is 2.52 bits per heavy atom. The third-order valence-electron chi connectivity index (χ3n) is 5.25. The molecule has 0 saturated heterocycles. The number of ether oxygens (including phenoxy) is 3. The first-order chi connectivity index (χ1) is 14.8. The summed E-state index contributed by atoms with van der Waals surface area (Å²) >= 11 is 0. The molecule has 0 radical (unpaired) electrons. The summed E-state index contributed by atoms with van der Waals surface area (Å²) in [5, 5.41) is 3.69. The average molecular weight is 425 g/mol. The molecule has 0 aliphatic heterocycles. The maximum atomic E-state index is 12.3. The second kappa shape index (κ2) is 9.55. The van der Waals surface area contributed by atoms with Gasteiger partial charge in [-0.15, -0.1) is 0 Å². The SMILES string of the molecule is COc1ccc(OC)c(C(C)NC(=O)COC(=O)Cc2coc3cc(C)c(C)cc23)c1. The van der Waals surface area contributed by atoms with Gasteiger partial charge in [-0.1, -0.05) is 0 Å². The Morgan fingerprint density at radius 2 is 1.81 bits per heavy atom. The van der Waals surface area contributed by atoms with Gasteiger partial charge < -0.3 is 23.9 Å². The number of aryl methyl sites for hydroxylation is 2. The highest BCUT2D eigenvalue weighted by Gasteiger charge is 2.17. The van der Waals surface area contributed by atoms with Crippen molar-refractivity contribution in [1.29, 1.82) is 0 Å². The minimum absolute atomic E-state index is 0.0298. The van der Waals surface area contributed by atoms with Crippen molar-refractivity contribution in [2.24, 2.45) is 0 Å². The van der Waals surface area contributed by atoms with Crippen molar-refractivity contribution in [1.82, 2.24) is 5.32 Å². The summed E-state index contributed by atoms with van der Waals surface area (Å²) in [6.45, 7) is 5.46. The zero-order valence-corrected chi connectivity index (χ0v) is 18.4. The van der Waals surface area contributed by atoms with Crippen LogP contribution < -0.4 is 14.8 Å². The van der Waals surface area contributed by atoms with Crippen LogP contribution in [0.4, 0.5) is 0 Å². The first-order valence-corrected chi connectivity index (χ1v) is 9.96. The summed E-state index contributed by atoms with van der Waals surface area (Å²) in [5.41, 5.74) is 4.46. The lowest BCUT2D eigenvalue weighted by Crippen LogP contribution is -2.31. The molecule has 0 fully saturated rings. The topological polar surface area (TPSA) is 87.0 Å². The van der Waals surface area contributed by atoms with Crippen molar-refractivity contribution >= 4 is 22.8 Å². The van der Waals surface area contributed by atoms with Gasteiger partial charge in [0, 0.05) is 16.5 Å². The first-order valence-electron chi connectivity index (χ1n) is 9.96. The van der Waals surface area contributed by atoms with Crippen molar-refractivity contribution in [2.75, 3.05) is 20.8 Å². The average Bonchev–Trinajstić information content (AvgIpc) is 3.13. The number of fused-ring (bicyclic) bond motifs is 1. The number of rotatable bonds is 8. The molecule has 1 amide bonds. The number of carbonyl (C=O) groups is 2. The molecule has 7 heteroatoms. The second-order valence-electron chi connectivity index (χ2n) is 7.43. The van der Waals surface area contributed by atoms with Crippen LogP contribution in [0, 0.1) is 13.8 Å². The van der Waals surface area contributed by atoms with Crippen molar-refractivity contribution in [3.63, 3.8) is 0 Å². The number of furan rings is 1. The molecule has 2 aromatic carbocycles. The van der Waals surface area contributed by atoms with Crippen molar-refractivity contribution in [2.45, 2.75) is 33.2 Å². The summed E-state index contributed by atoms with van der Waals surface area (Å²) in [5.74, 6) is 0.376. The molecular formula is C24H27NO6. The Bertz CT molecular complexity index is 1100. The van der Waals surface area contributed by atoms with Crippen LogP contribution in [0.3, 0.4) is 0 Å². The standard InChI is InChI=1S/C24H27NO6/c1-14-8-20-17(12-30-22(20)9-15(14)2)10-24(27)31-13-23(26)25-16(3)19-11-18(28-4)6-7-21(19)29-5/h6-9,11-12,16H,10,13H2,1-5H3,(H,25,26). The molecular weight excluding hydrogens is 398 g/mol. The van der Waals surface area contributed by atoms with Crippen molar-refractivity contribution < 1.29 is 28.2 Å². The Morgan fingerprint density at radius 1 is 1.06 bits per heavy atom. The van der Waals surface area contributed by atoms with Crippen LogP contribution in [-0.4, -0.2) is 32.7 Å². The molecule has 0 spiro atoms. The van der Waals surface area contributed by atoms with Gasteiger partial charge >= 0.3 is 5.97 Å². The lowest BCUT2D eigenvalue weighted by Gasteiger charge is -2.18. The van der Waals surface area contributed by atoms with Gasteiger partial charge in [0.1, 0.15) is 17.1 Å². The third-order valence-corrected chi connectivity index (χ3v) is 5.25. The van der Waals surface area contributed by atoms with E-state index in [0.717, 1.165) is 33.2 Å². The fraction of sp³-hybridized carbons (Fsp3) is 0.333. The number of benzene rings is 2. The molecule has 1 heterocycles. The third kappa shape index (κ3) is 5.17. The second-order valence-corrected chi connectivity index (χ2v) is 7.43. The number of hydrogen-bond donors (Lipinski definition) is 1. The monoisotopic (exact) mass is 425 g/mol. The highest BCUT2D eigenvalue weighted by molar-refractivity contribution is 5.87. The largest absolute Gasteiger partial charge is 0.497 e. The van der Waals surface area contributed by atoms with E-state index in [1.807, 2.05) is 32.9 Å². The molecule has 1 atom stereocenters. The molecule has 0 aliphatic carbocycles. The molecule has 0 saturated carbocycles. The number of esters is 1. The summed E-state index contributed by atoms with van der Waals surface area (Å²) in [6, 6.07) is 8.92. The van der Waals surface area contributed by atoms with Gasteiger partial charge in [-0.25, -0.2) is 0 Å². The first kappa shape index (κ1) is 22.2. The molecule has 0 aliphatic rings. The van der Waals surface area contributed by atoms with E-state index in [0.29, 0.717) is 11.5 Å². The molecule has 164 valence electrons. The normalized spacial score (nSPS) is 11.8. The molecule has 1 aromatic heterocycles. The zero-order chi connectivity index (χ0) is 22.5. The van der Waals surface area contributed by atoms with Crippen LogP contribution in [0.5, 0.6) is 11.5 Å². The van der Waals surface area contributed by atoms with E-state index in [9.17, 15) is 9.59 Å². The van der Waals surface area contributed by atoms with Crippen molar-refractivity contribution in [3.05, 3.63) is 58.8 Å². The Hall–Kier alpha value is -3.48. The zero-order valence-electron chi connectivity index (χ0n) is 18.4. The summed E-state index contributed by atoms with van der Waals surface area (Å²) < 4.78 is 21.3. The maximum Gasteiger partial charge on any atom is 0.310 e. The maximum absolute atomic E-state index is 12.3. The lowest BCUT2D eigenvalue weighted by molar-refractivity contribution is -0.148. The van der Waals surface area contributed by atoms with E-state index in [-0.39, 0.29) is 19.1 Å². The fourth-order valence-electron chi connectivity index (χ4n) is 3.36. The van der Waals surface area contributed by atoms with Gasteiger partial charge in [0.05, 0.1) is 32.9 Å². The highest BCUT2D eigenvalue weighted by Crippen LogP contribution is 2.29. The van der Waals surface area contributed by atoms with E-state index in [1.165, 1.54) is 0 Å². The fourth-order valence-corrected chi connectivity index (χ4v) is 3.36. The van der Waals surface area contributed by atoms with E-state index < -0.39 is 11.9 Å². The minimum atomic E-state index is -0.498. The van der Waals surface area contributed by atoms with Crippen LogP contribution in [0.25, 0.3) is 11.0 Å². The summed E-state index contributed by atoms with van der Waals surface area (Å²) in [7, 11) is 3.13. The molecule has 3 aromatic rings. The predicted octanol–water partition coefficient (Wildman–Crippen LogP) is 4.03. The van der Waals surface area contributed by atoms with E-state index in [2.05, 4.69) is 5.32 Å². The van der Waals surface area contributed by atoms with Crippen LogP contribution in [0.2, 0.25) is 0 Å². The minimum Gasteiger partial charge on any atom is -0.497 e. The number of methoxy groups -OCH3 is 2. The van der Waals surface area contributed by atoms with Crippen LogP contribution in [-0.2, 0) is 20.7 Å². The molecule has 0 bridgehead atoms. The predicted molar refractivity (Wildman–Crippen MR) is 116 cm³/mol. The van der Waals surface area contributed by atoms with Gasteiger partial charge in [0.15, 0.2) is 6.61 Å². The number of carbonyl (C=O) groups excluding carboxylic acids is 2. The smallest absolute Gasteiger partial charge is 0.310 e. The van der Waals surface area contributed by atoms with E-state index >= 15 is 0 Å². The van der Waals surface area contributed by atoms with Gasteiger partial charge in [-0.05, 0) is 62.2 Å². The van der Waals surface area contributed by atoms with Gasteiger partial charge in [-0.3, -0.25) is 9.59 Å². The lowest BCUT2D eigenvalue weighted by atomic mass is 10.0. The highest BCUT2D eigenvalue weighted by atomic mass is 16.5. The molecule has 7 nitrogen and oxygen atoms in total. The van der Waals surface area contributed by atoms with E-state index in [4.69, 9.17) is 18.6 Å². The Balaban J connectivity index is 1.57. The van der Waals surface area contributed by atoms with Crippen LogP contribution in [0.15, 0.2) is 41.0 Å². The molecule has 1 N–H and O–H groups in total. The number of nitrogens with one attached hydrogen (secondary N) is 1.